The van der Waals surface area contributed by atoms with Crippen LogP contribution in [0.3, 0.4) is 0 Å². The Labute approximate surface area is 95.9 Å². The quantitative estimate of drug-likeness (QED) is 0.560. The van der Waals surface area contributed by atoms with E-state index < -0.39 is 0 Å². The average molecular weight is 258 g/mol. The number of hydrogen-bond donors (Lipinski definition) is 3. The Kier molecular flexibility index (Phi) is 72.8. The largest absolute Gasteiger partial charge is 0.400 e. The predicted octanol–water partition coefficient (Wildman–Crippen LogP) is 0.690. The van der Waals surface area contributed by atoms with Crippen LogP contribution in [0.4, 0.5) is 0 Å². The van der Waals surface area contributed by atoms with Crippen molar-refractivity contribution in [3.05, 3.63) is 6.92 Å². The maximum absolute atomic E-state index is 7.00. The molecule has 0 saturated carbocycles. The second-order valence-electron chi connectivity index (χ2n) is 2.56. The van der Waals surface area contributed by atoms with Crippen molar-refractivity contribution in [2.75, 3.05) is 21.3 Å². The molecule has 78 valence electrons. The van der Waals surface area contributed by atoms with E-state index in [2.05, 4.69) is 27.7 Å². The summed E-state index contributed by atoms with van der Waals surface area (Å²) in [6.45, 7) is 10.0. The summed E-state index contributed by atoms with van der Waals surface area (Å²) in [6.07, 6.45) is 0. The monoisotopic (exact) mass is 257 g/mol. The molecule has 0 aliphatic carbocycles. The van der Waals surface area contributed by atoms with Gasteiger partial charge in [0.25, 0.3) is 0 Å². The second-order valence-corrected chi connectivity index (χ2v) is 2.56. The molecule has 0 aromatic rings. The number of aliphatic hydroxyl groups excluding tert-OH is 3. The summed E-state index contributed by atoms with van der Waals surface area (Å²) < 4.78 is 0. The summed E-state index contributed by atoms with van der Waals surface area (Å²) in [5, 5.41) is 21.0. The Hall–Kier alpha value is 0.763. The van der Waals surface area contributed by atoms with E-state index in [9.17, 15) is 0 Å². The van der Waals surface area contributed by atoms with Gasteiger partial charge >= 0.3 is 0 Å². The molecule has 3 nitrogen and oxygen atoms in total. The van der Waals surface area contributed by atoms with Crippen molar-refractivity contribution in [3.63, 3.8) is 0 Å². The SMILES string of the molecule is CO.CO.CO.[CH2-]C(C)(C)C.[Zr]. The van der Waals surface area contributed by atoms with Crippen LogP contribution >= 0.6 is 0 Å². The number of aliphatic hydroxyl groups is 3. The van der Waals surface area contributed by atoms with Crippen LogP contribution in [-0.4, -0.2) is 36.6 Å². The van der Waals surface area contributed by atoms with Crippen molar-refractivity contribution < 1.29 is 41.5 Å². The fraction of sp³-hybridized carbons (Fsp3) is 0.875. The van der Waals surface area contributed by atoms with Crippen molar-refractivity contribution in [2.24, 2.45) is 5.41 Å². The predicted molar refractivity (Wildman–Crippen MR) is 49.2 cm³/mol. The molecule has 0 aliphatic heterocycles. The minimum atomic E-state index is 0. The summed E-state index contributed by atoms with van der Waals surface area (Å²) in [7, 11) is 3.00. The normalized spacial score (nSPS) is 6.50. The molecule has 4 heteroatoms. The van der Waals surface area contributed by atoms with Crippen LogP contribution in [0, 0.1) is 12.3 Å². The molecule has 0 radical (unpaired) electrons. The van der Waals surface area contributed by atoms with Gasteiger partial charge in [-0.2, -0.15) is 5.41 Å². The molecule has 0 aliphatic rings. The van der Waals surface area contributed by atoms with Crippen molar-refractivity contribution in [1.82, 2.24) is 0 Å². The first-order valence-electron chi connectivity index (χ1n) is 3.20. The van der Waals surface area contributed by atoms with Gasteiger partial charge in [0.15, 0.2) is 0 Å². The Morgan fingerprint density at radius 1 is 0.750 bits per heavy atom. The minimum absolute atomic E-state index is 0. The van der Waals surface area contributed by atoms with Crippen LogP contribution in [0.15, 0.2) is 0 Å². The Balaban J connectivity index is -0.0000000203. The van der Waals surface area contributed by atoms with Crippen LogP contribution in [0.1, 0.15) is 20.8 Å². The van der Waals surface area contributed by atoms with Crippen LogP contribution in [0.5, 0.6) is 0 Å². The van der Waals surface area contributed by atoms with Gasteiger partial charge in [0.2, 0.25) is 0 Å². The van der Waals surface area contributed by atoms with Gasteiger partial charge in [-0.15, -0.1) is 0 Å². The van der Waals surface area contributed by atoms with Gasteiger partial charge in [-0.05, 0) is 0 Å². The van der Waals surface area contributed by atoms with Gasteiger partial charge in [0, 0.05) is 47.5 Å². The summed E-state index contributed by atoms with van der Waals surface area (Å²) in [4.78, 5) is 0. The number of rotatable bonds is 0. The summed E-state index contributed by atoms with van der Waals surface area (Å²) >= 11 is 0. The van der Waals surface area contributed by atoms with Crippen molar-refractivity contribution in [2.45, 2.75) is 20.8 Å². The van der Waals surface area contributed by atoms with Gasteiger partial charge in [0.1, 0.15) is 0 Å². The fourth-order valence-corrected chi connectivity index (χ4v) is 0. The van der Waals surface area contributed by atoms with Crippen LogP contribution in [-0.2, 0) is 26.2 Å². The molecule has 0 rings (SSSR count). The average Bonchev–Trinajstić information content (AvgIpc) is 1.96. The first-order chi connectivity index (χ1) is 5.00. The molecule has 12 heavy (non-hydrogen) atoms. The minimum Gasteiger partial charge on any atom is -0.400 e. The summed E-state index contributed by atoms with van der Waals surface area (Å²) in [5.41, 5.74) is 0.250. The van der Waals surface area contributed by atoms with E-state index >= 15 is 0 Å². The molecule has 0 aromatic carbocycles. The van der Waals surface area contributed by atoms with Crippen LogP contribution in [0.2, 0.25) is 0 Å². The maximum atomic E-state index is 7.00. The third kappa shape index (κ3) is 1760. The van der Waals surface area contributed by atoms with E-state index in [0.717, 1.165) is 21.3 Å². The first-order valence-corrected chi connectivity index (χ1v) is 3.20. The molecule has 0 fully saturated rings. The smallest absolute Gasteiger partial charge is 0.0319 e. The molecule has 0 aromatic heterocycles. The van der Waals surface area contributed by atoms with Crippen molar-refractivity contribution in [3.8, 4) is 0 Å². The first kappa shape index (κ1) is 29.3. The summed E-state index contributed by atoms with van der Waals surface area (Å²) in [6, 6.07) is 0. The molecule has 0 heterocycles. The van der Waals surface area contributed by atoms with Gasteiger partial charge < -0.3 is 22.2 Å². The molecule has 0 atom stereocenters. The fourth-order valence-electron chi connectivity index (χ4n) is 0. The third-order valence-electron chi connectivity index (χ3n) is 0. The Bertz CT molecular complexity index is 29.8. The second kappa shape index (κ2) is 29.8. The standard InChI is InChI=1S/C5H11.3CH4O.Zr/c1-5(2,3)4;3*1-2;/h1H2,2-4H3;3*2H,1H3;/q-1;;;;. The molecule has 0 spiro atoms. The van der Waals surface area contributed by atoms with Crippen LogP contribution < -0.4 is 0 Å². The molecular weight excluding hydrogens is 235 g/mol. The zero-order valence-electron chi connectivity index (χ0n) is 9.05. The summed E-state index contributed by atoms with van der Waals surface area (Å²) in [5.74, 6) is 0. The Morgan fingerprint density at radius 2 is 0.750 bits per heavy atom. The van der Waals surface area contributed by atoms with Crippen LogP contribution in [0.25, 0.3) is 0 Å². The molecule has 0 saturated heterocycles. The van der Waals surface area contributed by atoms with E-state index in [0.29, 0.717) is 0 Å². The van der Waals surface area contributed by atoms with Gasteiger partial charge in [0.05, 0.1) is 0 Å². The molecule has 0 amide bonds. The zero-order valence-corrected chi connectivity index (χ0v) is 11.5. The van der Waals surface area contributed by atoms with Crippen molar-refractivity contribution >= 4 is 0 Å². The van der Waals surface area contributed by atoms with E-state index in [-0.39, 0.29) is 31.6 Å². The van der Waals surface area contributed by atoms with Gasteiger partial charge in [-0.1, -0.05) is 20.8 Å². The van der Waals surface area contributed by atoms with Crippen molar-refractivity contribution in [1.29, 1.82) is 0 Å². The van der Waals surface area contributed by atoms with E-state index in [1.807, 2.05) is 0 Å². The molecular formula is C8H23O3Zr-. The molecule has 0 unspecified atom stereocenters. The van der Waals surface area contributed by atoms with E-state index in [4.69, 9.17) is 15.3 Å². The van der Waals surface area contributed by atoms with Gasteiger partial charge in [-0.25, -0.2) is 0 Å². The maximum Gasteiger partial charge on any atom is 0.0319 e. The van der Waals surface area contributed by atoms with E-state index in [1.54, 1.807) is 0 Å². The Morgan fingerprint density at radius 3 is 0.750 bits per heavy atom. The third-order valence-corrected chi connectivity index (χ3v) is 0. The van der Waals surface area contributed by atoms with E-state index in [1.165, 1.54) is 0 Å². The topological polar surface area (TPSA) is 60.7 Å². The number of hydrogen-bond acceptors (Lipinski definition) is 3. The zero-order chi connectivity index (χ0) is 10.5. The van der Waals surface area contributed by atoms with Gasteiger partial charge in [-0.3, -0.25) is 0 Å². The molecule has 0 bridgehead atoms. The molecule has 3 N–H and O–H groups in total.